The lowest BCUT2D eigenvalue weighted by molar-refractivity contribution is 0.0737. The number of allylic oxidation sites excluding steroid dienone is 1. The van der Waals surface area contributed by atoms with Crippen LogP contribution in [0.3, 0.4) is 0 Å². The Hall–Kier alpha value is -5.10. The van der Waals surface area contributed by atoms with Gasteiger partial charge in [0, 0.05) is 16.5 Å². The second-order valence-corrected chi connectivity index (χ2v) is 8.65. The van der Waals surface area contributed by atoms with Crippen LogP contribution in [0.25, 0.3) is 28.4 Å². The number of ketones is 1. The van der Waals surface area contributed by atoms with E-state index in [1.54, 1.807) is 55.7 Å². The lowest BCUT2D eigenvalue weighted by Gasteiger charge is -2.07. The number of fused-ring (bicyclic) bond motifs is 1. The van der Waals surface area contributed by atoms with Gasteiger partial charge >= 0.3 is 5.97 Å². The van der Waals surface area contributed by atoms with Crippen LogP contribution in [-0.2, 0) is 0 Å². The molecule has 39 heavy (non-hydrogen) atoms. The van der Waals surface area contributed by atoms with Crippen LogP contribution in [0.4, 0.5) is 0 Å². The van der Waals surface area contributed by atoms with E-state index in [-0.39, 0.29) is 5.78 Å². The SMILES string of the molecule is CCOc1ccc2oc(-c3ccccc3)c(C(=O)Oc3ccc(C(=O)C=Cc4ccc(OC)cc4)cc3)c2c1. The fourth-order valence-electron chi connectivity index (χ4n) is 4.16. The normalized spacial score (nSPS) is 11.0. The highest BCUT2D eigenvalue weighted by Gasteiger charge is 2.24. The summed E-state index contributed by atoms with van der Waals surface area (Å²) < 4.78 is 22.6. The van der Waals surface area contributed by atoms with Crippen molar-refractivity contribution in [1.29, 1.82) is 0 Å². The van der Waals surface area contributed by atoms with Gasteiger partial charge in [-0.3, -0.25) is 4.79 Å². The molecule has 1 heterocycles. The zero-order valence-corrected chi connectivity index (χ0v) is 21.5. The molecule has 5 aromatic rings. The third kappa shape index (κ3) is 5.75. The van der Waals surface area contributed by atoms with Crippen LogP contribution >= 0.6 is 0 Å². The number of carbonyl (C=O) groups excluding carboxylic acids is 2. The Kier molecular flexibility index (Phi) is 7.55. The molecule has 0 aliphatic rings. The molecule has 0 bridgehead atoms. The molecule has 4 aromatic carbocycles. The lowest BCUT2D eigenvalue weighted by Crippen LogP contribution is -2.09. The Balaban J connectivity index is 1.38. The van der Waals surface area contributed by atoms with Crippen LogP contribution in [0, 0.1) is 0 Å². The highest BCUT2D eigenvalue weighted by molar-refractivity contribution is 6.10. The van der Waals surface area contributed by atoms with Crippen molar-refractivity contribution in [2.45, 2.75) is 6.92 Å². The van der Waals surface area contributed by atoms with Crippen LogP contribution in [0.2, 0.25) is 0 Å². The van der Waals surface area contributed by atoms with Gasteiger partial charge in [-0.25, -0.2) is 4.79 Å². The van der Waals surface area contributed by atoms with Gasteiger partial charge in [-0.05, 0) is 73.2 Å². The van der Waals surface area contributed by atoms with Gasteiger partial charge in [-0.15, -0.1) is 0 Å². The van der Waals surface area contributed by atoms with Gasteiger partial charge in [0.2, 0.25) is 0 Å². The third-order valence-corrected chi connectivity index (χ3v) is 6.10. The van der Waals surface area contributed by atoms with Crippen molar-refractivity contribution in [2.24, 2.45) is 0 Å². The van der Waals surface area contributed by atoms with Gasteiger partial charge in [-0.1, -0.05) is 48.5 Å². The zero-order chi connectivity index (χ0) is 27.2. The molecule has 5 rings (SSSR count). The van der Waals surface area contributed by atoms with Gasteiger partial charge in [0.1, 0.15) is 34.2 Å². The van der Waals surface area contributed by atoms with Crippen molar-refractivity contribution in [3.05, 3.63) is 120 Å². The molecule has 0 aliphatic carbocycles. The smallest absolute Gasteiger partial charge is 0.348 e. The minimum absolute atomic E-state index is 0.167. The second kappa shape index (κ2) is 11.5. The van der Waals surface area contributed by atoms with Gasteiger partial charge in [0.05, 0.1) is 13.7 Å². The fraction of sp³-hybridized carbons (Fsp3) is 0.0909. The second-order valence-electron chi connectivity index (χ2n) is 8.65. The maximum Gasteiger partial charge on any atom is 0.348 e. The average molecular weight is 519 g/mol. The summed E-state index contributed by atoms with van der Waals surface area (Å²) in [6, 6.07) is 28.6. The molecule has 0 fully saturated rings. The highest BCUT2D eigenvalue weighted by Crippen LogP contribution is 2.36. The lowest BCUT2D eigenvalue weighted by atomic mass is 10.1. The number of rotatable bonds is 9. The molecule has 194 valence electrons. The summed E-state index contributed by atoms with van der Waals surface area (Å²) in [5.74, 6) is 1.37. The Morgan fingerprint density at radius 3 is 2.21 bits per heavy atom. The number of hydrogen-bond donors (Lipinski definition) is 0. The summed E-state index contributed by atoms with van der Waals surface area (Å²) >= 11 is 0. The van der Waals surface area contributed by atoms with E-state index in [1.807, 2.05) is 61.5 Å². The Bertz CT molecular complexity index is 1630. The average Bonchev–Trinajstić information content (AvgIpc) is 3.36. The first-order valence-electron chi connectivity index (χ1n) is 12.5. The molecule has 6 heteroatoms. The summed E-state index contributed by atoms with van der Waals surface area (Å²) in [6.45, 7) is 2.39. The number of carbonyl (C=O) groups is 2. The number of methoxy groups -OCH3 is 1. The topological polar surface area (TPSA) is 75.0 Å². The molecule has 0 spiro atoms. The molecule has 0 saturated heterocycles. The Morgan fingerprint density at radius 2 is 1.51 bits per heavy atom. The zero-order valence-electron chi connectivity index (χ0n) is 21.5. The number of esters is 1. The number of furan rings is 1. The molecule has 1 aromatic heterocycles. The van der Waals surface area contributed by atoms with E-state index in [9.17, 15) is 9.59 Å². The van der Waals surface area contributed by atoms with Crippen molar-refractivity contribution in [3.8, 4) is 28.6 Å². The Labute approximate surface area is 226 Å². The fourth-order valence-corrected chi connectivity index (χ4v) is 4.16. The van der Waals surface area contributed by atoms with E-state index in [0.717, 1.165) is 16.9 Å². The van der Waals surface area contributed by atoms with E-state index in [2.05, 4.69) is 0 Å². The van der Waals surface area contributed by atoms with Crippen LogP contribution < -0.4 is 14.2 Å². The molecule has 6 nitrogen and oxygen atoms in total. The van der Waals surface area contributed by atoms with Gasteiger partial charge in [0.15, 0.2) is 5.78 Å². The van der Waals surface area contributed by atoms with E-state index in [1.165, 1.54) is 6.08 Å². The van der Waals surface area contributed by atoms with Crippen molar-refractivity contribution in [2.75, 3.05) is 13.7 Å². The first-order valence-corrected chi connectivity index (χ1v) is 12.5. The van der Waals surface area contributed by atoms with E-state index in [4.69, 9.17) is 18.6 Å². The van der Waals surface area contributed by atoms with E-state index in [0.29, 0.717) is 46.0 Å². The van der Waals surface area contributed by atoms with Gasteiger partial charge in [-0.2, -0.15) is 0 Å². The quantitative estimate of drug-likeness (QED) is 0.0865. The maximum absolute atomic E-state index is 13.5. The summed E-state index contributed by atoms with van der Waals surface area (Å²) in [5, 5.41) is 0.597. The molecular formula is C33H26O6. The van der Waals surface area contributed by atoms with Crippen LogP contribution in [0.5, 0.6) is 17.2 Å². The summed E-state index contributed by atoms with van der Waals surface area (Å²) in [6.07, 6.45) is 3.24. The van der Waals surface area contributed by atoms with Crippen molar-refractivity contribution >= 4 is 28.8 Å². The number of ether oxygens (including phenoxy) is 3. The largest absolute Gasteiger partial charge is 0.497 e. The molecule has 0 saturated carbocycles. The summed E-state index contributed by atoms with van der Waals surface area (Å²) in [5.41, 5.74) is 2.96. The minimum atomic E-state index is -0.570. The maximum atomic E-state index is 13.5. The molecular weight excluding hydrogens is 492 g/mol. The molecule has 0 N–H and O–H groups in total. The summed E-state index contributed by atoms with van der Waals surface area (Å²) in [7, 11) is 1.60. The monoisotopic (exact) mass is 518 g/mol. The number of benzene rings is 4. The first-order chi connectivity index (χ1) is 19.1. The van der Waals surface area contributed by atoms with Gasteiger partial charge in [0.25, 0.3) is 0 Å². The first kappa shape index (κ1) is 25.5. The van der Waals surface area contributed by atoms with Crippen LogP contribution in [0.1, 0.15) is 33.2 Å². The molecule has 0 atom stereocenters. The van der Waals surface area contributed by atoms with Crippen LogP contribution in [0.15, 0.2) is 108 Å². The van der Waals surface area contributed by atoms with Crippen molar-refractivity contribution in [3.63, 3.8) is 0 Å². The van der Waals surface area contributed by atoms with Crippen molar-refractivity contribution in [1.82, 2.24) is 0 Å². The van der Waals surface area contributed by atoms with Crippen LogP contribution in [-0.4, -0.2) is 25.5 Å². The standard InChI is InChI=1S/C33H26O6/c1-3-37-27-18-20-30-28(21-27)31(32(39-30)24-7-5-4-6-8-24)33(35)38-26-16-12-23(13-17-26)29(34)19-11-22-9-14-25(36-2)15-10-22/h4-21H,3H2,1-2H3. The number of hydrogen-bond acceptors (Lipinski definition) is 6. The minimum Gasteiger partial charge on any atom is -0.497 e. The molecule has 0 aliphatic heterocycles. The van der Waals surface area contributed by atoms with Gasteiger partial charge < -0.3 is 18.6 Å². The molecule has 0 unspecified atom stereocenters. The predicted molar refractivity (Wildman–Crippen MR) is 151 cm³/mol. The van der Waals surface area contributed by atoms with E-state index < -0.39 is 5.97 Å². The Morgan fingerprint density at radius 1 is 0.821 bits per heavy atom. The predicted octanol–water partition coefficient (Wildman–Crippen LogP) is 7.62. The molecule has 0 radical (unpaired) electrons. The third-order valence-electron chi connectivity index (χ3n) is 6.10. The van der Waals surface area contributed by atoms with E-state index >= 15 is 0 Å². The molecule has 0 amide bonds. The highest BCUT2D eigenvalue weighted by atomic mass is 16.5. The summed E-state index contributed by atoms with van der Waals surface area (Å²) in [4.78, 5) is 26.1. The van der Waals surface area contributed by atoms with Crippen molar-refractivity contribution < 1.29 is 28.2 Å².